The first-order valence-electron chi connectivity index (χ1n) is 8.62. The molecule has 4 nitrogen and oxygen atoms in total. The number of aryl methyl sites for hydroxylation is 2. The lowest BCUT2D eigenvalue weighted by molar-refractivity contribution is 0.167. The number of hydrogen-bond donors (Lipinski definition) is 1. The van der Waals surface area contributed by atoms with Crippen LogP contribution in [0.3, 0.4) is 0 Å². The number of rotatable bonds is 5. The van der Waals surface area contributed by atoms with Gasteiger partial charge in [0.15, 0.2) is 0 Å². The number of hydrogen-bond acceptors (Lipinski definition) is 3. The molecule has 1 saturated heterocycles. The molecule has 1 aromatic carbocycles. The molecule has 1 atom stereocenters. The minimum atomic E-state index is 0.777. The molecule has 1 N–H and O–H groups in total. The highest BCUT2D eigenvalue weighted by atomic mass is 15.3. The molecule has 0 bridgehead atoms. The Morgan fingerprint density at radius 2 is 2.17 bits per heavy atom. The minimum Gasteiger partial charge on any atom is -0.319 e. The van der Waals surface area contributed by atoms with Gasteiger partial charge in [-0.3, -0.25) is 9.58 Å². The number of piperidine rings is 1. The van der Waals surface area contributed by atoms with Crippen LogP contribution in [0.5, 0.6) is 0 Å². The Morgan fingerprint density at radius 3 is 2.91 bits per heavy atom. The van der Waals surface area contributed by atoms with E-state index in [-0.39, 0.29) is 0 Å². The Hall–Kier alpha value is -1.65. The zero-order chi connectivity index (χ0) is 16.2. The fourth-order valence-electron chi connectivity index (χ4n) is 3.70. The molecule has 2 heterocycles. The molecule has 4 heteroatoms. The third-order valence-electron chi connectivity index (χ3n) is 4.85. The lowest BCUT2D eigenvalue weighted by Gasteiger charge is -2.33. The number of nitrogens with one attached hydrogen (secondary N) is 1. The van der Waals surface area contributed by atoms with E-state index in [0.29, 0.717) is 0 Å². The van der Waals surface area contributed by atoms with Crippen LogP contribution in [0.1, 0.15) is 24.0 Å². The smallest absolute Gasteiger partial charge is 0.0682 e. The number of nitrogens with zero attached hydrogens (tertiary/aromatic N) is 3. The van der Waals surface area contributed by atoms with E-state index >= 15 is 0 Å². The minimum absolute atomic E-state index is 0.777. The van der Waals surface area contributed by atoms with Crippen molar-refractivity contribution in [1.82, 2.24) is 20.0 Å². The molecule has 1 fully saturated rings. The van der Waals surface area contributed by atoms with Gasteiger partial charge in [0.05, 0.1) is 5.69 Å². The maximum Gasteiger partial charge on any atom is 0.0682 e. The van der Waals surface area contributed by atoms with Crippen molar-refractivity contribution in [3.05, 3.63) is 41.6 Å². The molecular weight excluding hydrogens is 284 g/mol. The van der Waals surface area contributed by atoms with Crippen LogP contribution in [0.25, 0.3) is 11.3 Å². The molecule has 0 radical (unpaired) electrons. The maximum absolute atomic E-state index is 4.34. The van der Waals surface area contributed by atoms with Crippen LogP contribution in [0.4, 0.5) is 0 Å². The van der Waals surface area contributed by atoms with Crippen molar-refractivity contribution in [2.24, 2.45) is 13.0 Å². The molecule has 1 aliphatic heterocycles. The second-order valence-corrected chi connectivity index (χ2v) is 6.80. The normalized spacial score (nSPS) is 19.2. The van der Waals surface area contributed by atoms with Crippen molar-refractivity contribution < 1.29 is 0 Å². The van der Waals surface area contributed by atoms with E-state index in [9.17, 15) is 0 Å². The quantitative estimate of drug-likeness (QED) is 0.921. The molecule has 1 aliphatic rings. The Morgan fingerprint density at radius 1 is 1.30 bits per heavy atom. The van der Waals surface area contributed by atoms with Crippen LogP contribution in [-0.4, -0.2) is 41.4 Å². The van der Waals surface area contributed by atoms with E-state index in [4.69, 9.17) is 0 Å². The van der Waals surface area contributed by atoms with Gasteiger partial charge in [-0.25, -0.2) is 0 Å². The Bertz CT molecular complexity index is 645. The van der Waals surface area contributed by atoms with Crippen LogP contribution in [0.2, 0.25) is 0 Å². The summed E-state index contributed by atoms with van der Waals surface area (Å²) in [6.07, 6.45) is 4.53. The van der Waals surface area contributed by atoms with Crippen LogP contribution in [0, 0.1) is 12.8 Å². The van der Waals surface area contributed by atoms with E-state index in [1.807, 2.05) is 17.9 Å². The number of aromatic nitrogens is 2. The Labute approximate surface area is 139 Å². The SMILES string of the molecule is CNCC1CCCN(Cc2ccc(C)cc2-c2ccnn2C)C1. The highest BCUT2D eigenvalue weighted by Gasteiger charge is 2.20. The van der Waals surface area contributed by atoms with Gasteiger partial charge in [0.2, 0.25) is 0 Å². The molecule has 1 unspecified atom stereocenters. The lowest BCUT2D eigenvalue weighted by atomic mass is 9.96. The molecule has 3 rings (SSSR count). The first kappa shape index (κ1) is 16.2. The largest absolute Gasteiger partial charge is 0.319 e. The van der Waals surface area contributed by atoms with Crippen LogP contribution >= 0.6 is 0 Å². The van der Waals surface area contributed by atoms with Gasteiger partial charge in [-0.05, 0) is 63.5 Å². The van der Waals surface area contributed by atoms with Crippen molar-refractivity contribution in [2.75, 3.05) is 26.7 Å². The fourth-order valence-corrected chi connectivity index (χ4v) is 3.70. The lowest BCUT2D eigenvalue weighted by Crippen LogP contribution is -2.38. The van der Waals surface area contributed by atoms with E-state index in [1.54, 1.807) is 0 Å². The van der Waals surface area contributed by atoms with Gasteiger partial charge in [-0.15, -0.1) is 0 Å². The van der Waals surface area contributed by atoms with Crippen molar-refractivity contribution in [3.8, 4) is 11.3 Å². The summed E-state index contributed by atoms with van der Waals surface area (Å²) in [6.45, 7) is 6.71. The molecule has 124 valence electrons. The predicted octanol–water partition coefficient (Wildman–Crippen LogP) is 2.83. The summed E-state index contributed by atoms with van der Waals surface area (Å²) in [4.78, 5) is 2.61. The van der Waals surface area contributed by atoms with Gasteiger partial charge in [0, 0.05) is 31.9 Å². The van der Waals surface area contributed by atoms with Crippen molar-refractivity contribution in [2.45, 2.75) is 26.3 Å². The second-order valence-electron chi connectivity index (χ2n) is 6.80. The highest BCUT2D eigenvalue weighted by Crippen LogP contribution is 2.27. The van der Waals surface area contributed by atoms with E-state index in [2.05, 4.69) is 53.6 Å². The number of likely N-dealkylation sites (tertiary alicyclic amines) is 1. The molecule has 23 heavy (non-hydrogen) atoms. The predicted molar refractivity (Wildman–Crippen MR) is 95.3 cm³/mol. The van der Waals surface area contributed by atoms with Gasteiger partial charge in [-0.2, -0.15) is 5.10 Å². The van der Waals surface area contributed by atoms with Crippen LogP contribution in [-0.2, 0) is 13.6 Å². The third kappa shape index (κ3) is 3.82. The monoisotopic (exact) mass is 312 g/mol. The van der Waals surface area contributed by atoms with Gasteiger partial charge in [0.25, 0.3) is 0 Å². The average molecular weight is 312 g/mol. The maximum atomic E-state index is 4.34. The standard InChI is InChI=1S/C19H28N4/c1-15-6-7-17(18(11-15)19-8-9-21-22(19)3)14-23-10-4-5-16(13-23)12-20-2/h6-9,11,16,20H,4-5,10,12-14H2,1-3H3. The summed E-state index contributed by atoms with van der Waals surface area (Å²) >= 11 is 0. The molecule has 0 spiro atoms. The molecule has 0 amide bonds. The Balaban J connectivity index is 1.81. The summed E-state index contributed by atoms with van der Waals surface area (Å²) in [7, 11) is 4.07. The van der Waals surface area contributed by atoms with Gasteiger partial charge in [-0.1, -0.05) is 17.7 Å². The van der Waals surface area contributed by atoms with E-state index in [1.165, 1.54) is 48.3 Å². The van der Waals surface area contributed by atoms with Gasteiger partial charge in [0.1, 0.15) is 0 Å². The van der Waals surface area contributed by atoms with Crippen molar-refractivity contribution in [1.29, 1.82) is 0 Å². The van der Waals surface area contributed by atoms with Crippen molar-refractivity contribution >= 4 is 0 Å². The first-order chi connectivity index (χ1) is 11.2. The van der Waals surface area contributed by atoms with Crippen LogP contribution in [0.15, 0.2) is 30.5 Å². The molecule has 0 saturated carbocycles. The van der Waals surface area contributed by atoms with E-state index in [0.717, 1.165) is 19.0 Å². The topological polar surface area (TPSA) is 33.1 Å². The van der Waals surface area contributed by atoms with Crippen molar-refractivity contribution in [3.63, 3.8) is 0 Å². The summed E-state index contributed by atoms with van der Waals surface area (Å²) in [5.74, 6) is 0.777. The molecule has 2 aromatic rings. The average Bonchev–Trinajstić information content (AvgIpc) is 2.96. The highest BCUT2D eigenvalue weighted by molar-refractivity contribution is 5.64. The molecule has 0 aliphatic carbocycles. The molecular formula is C19H28N4. The number of benzene rings is 1. The first-order valence-corrected chi connectivity index (χ1v) is 8.62. The molecule has 1 aromatic heterocycles. The fraction of sp³-hybridized carbons (Fsp3) is 0.526. The zero-order valence-corrected chi connectivity index (χ0v) is 14.5. The second kappa shape index (κ2) is 7.28. The summed E-state index contributed by atoms with van der Waals surface area (Å²) in [5.41, 5.74) is 5.23. The van der Waals surface area contributed by atoms with E-state index < -0.39 is 0 Å². The Kier molecular flexibility index (Phi) is 5.13. The summed E-state index contributed by atoms with van der Waals surface area (Å²) < 4.78 is 1.97. The third-order valence-corrected chi connectivity index (χ3v) is 4.85. The van der Waals surface area contributed by atoms with Gasteiger partial charge >= 0.3 is 0 Å². The summed E-state index contributed by atoms with van der Waals surface area (Å²) in [5, 5.41) is 7.67. The van der Waals surface area contributed by atoms with Gasteiger partial charge < -0.3 is 5.32 Å². The van der Waals surface area contributed by atoms with Crippen LogP contribution < -0.4 is 5.32 Å². The summed E-state index contributed by atoms with van der Waals surface area (Å²) in [6, 6.07) is 8.92. The zero-order valence-electron chi connectivity index (χ0n) is 14.5.